The lowest BCUT2D eigenvalue weighted by atomic mass is 10.1. The maximum atomic E-state index is 12.5. The van der Waals surface area contributed by atoms with E-state index in [0.717, 1.165) is 5.56 Å². The van der Waals surface area contributed by atoms with E-state index in [1.807, 2.05) is 18.2 Å². The molecule has 1 aliphatic heterocycles. The van der Waals surface area contributed by atoms with Crippen molar-refractivity contribution in [1.29, 1.82) is 0 Å². The van der Waals surface area contributed by atoms with Crippen molar-refractivity contribution >= 4 is 29.4 Å². The molecule has 0 spiro atoms. The molecule has 0 fully saturated rings. The van der Waals surface area contributed by atoms with E-state index in [1.54, 1.807) is 31.4 Å². The van der Waals surface area contributed by atoms with Crippen LogP contribution in [-0.4, -0.2) is 24.7 Å². The first kappa shape index (κ1) is 18.0. The first-order valence-corrected chi connectivity index (χ1v) is 8.64. The minimum atomic E-state index is -0.375. The Morgan fingerprint density at radius 2 is 2.04 bits per heavy atom. The van der Waals surface area contributed by atoms with Crippen molar-refractivity contribution in [2.75, 3.05) is 13.0 Å². The molecule has 5 nitrogen and oxygen atoms in total. The molecule has 0 N–H and O–H groups in total. The van der Waals surface area contributed by atoms with Gasteiger partial charge < -0.3 is 14.2 Å². The van der Waals surface area contributed by atoms with Gasteiger partial charge in [-0.2, -0.15) is 0 Å². The zero-order valence-corrected chi connectivity index (χ0v) is 14.9. The molecule has 1 heterocycles. The minimum absolute atomic E-state index is 0.190. The molecule has 0 saturated carbocycles. The van der Waals surface area contributed by atoms with Gasteiger partial charge in [-0.3, -0.25) is 9.59 Å². The summed E-state index contributed by atoms with van der Waals surface area (Å²) in [6, 6.07) is 12.0. The van der Waals surface area contributed by atoms with Crippen molar-refractivity contribution in [2.24, 2.45) is 0 Å². The van der Waals surface area contributed by atoms with E-state index in [0.29, 0.717) is 35.1 Å². The normalized spacial score (nSPS) is 14.1. The van der Waals surface area contributed by atoms with Crippen LogP contribution in [0, 0.1) is 0 Å². The Morgan fingerprint density at radius 3 is 2.81 bits per heavy atom. The third-order valence-corrected chi connectivity index (χ3v) is 4.08. The van der Waals surface area contributed by atoms with E-state index in [1.165, 1.54) is 6.07 Å². The number of fused-ring (bicyclic) bond motifs is 1. The van der Waals surface area contributed by atoms with E-state index >= 15 is 0 Å². The summed E-state index contributed by atoms with van der Waals surface area (Å²) in [4.78, 5) is 24.2. The van der Waals surface area contributed by atoms with Crippen molar-refractivity contribution in [3.05, 3.63) is 59.4 Å². The number of benzene rings is 2. The lowest BCUT2D eigenvalue weighted by molar-refractivity contribution is -0.134. The molecule has 0 unspecified atom stereocenters. The molecule has 0 aliphatic carbocycles. The summed E-state index contributed by atoms with van der Waals surface area (Å²) >= 11 is 5.57. The van der Waals surface area contributed by atoms with Gasteiger partial charge in [-0.1, -0.05) is 18.2 Å². The third-order valence-electron chi connectivity index (χ3n) is 3.81. The highest BCUT2D eigenvalue weighted by Crippen LogP contribution is 2.35. The largest absolute Gasteiger partial charge is 0.496 e. The highest BCUT2D eigenvalue weighted by molar-refractivity contribution is 6.18. The molecule has 0 radical (unpaired) electrons. The standard InChI is InChI=1S/C20H17ClO5/c1-24-16-6-3-2-5-13(16)11-18-20(23)15-9-8-14(12-17(15)26-18)25-19(22)7-4-10-21/h2-3,5-6,8-9,11-12H,4,7,10H2,1H3/b18-11-. The average Bonchev–Trinajstić information content (AvgIpc) is 2.95. The molecular formula is C20H17ClO5. The summed E-state index contributed by atoms with van der Waals surface area (Å²) in [5.74, 6) is 1.31. The number of para-hydroxylation sites is 1. The molecule has 0 saturated heterocycles. The zero-order valence-electron chi connectivity index (χ0n) is 14.2. The van der Waals surface area contributed by atoms with Crippen LogP contribution >= 0.6 is 11.6 Å². The van der Waals surface area contributed by atoms with E-state index < -0.39 is 0 Å². The van der Waals surface area contributed by atoms with Crippen LogP contribution in [0.1, 0.15) is 28.8 Å². The summed E-state index contributed by atoms with van der Waals surface area (Å²) in [7, 11) is 1.56. The number of carbonyl (C=O) groups excluding carboxylic acids is 2. The Hall–Kier alpha value is -2.79. The lowest BCUT2D eigenvalue weighted by Crippen LogP contribution is -2.07. The number of carbonyl (C=O) groups is 2. The van der Waals surface area contributed by atoms with Crippen LogP contribution in [0.3, 0.4) is 0 Å². The number of ether oxygens (including phenoxy) is 3. The molecule has 1 aliphatic rings. The van der Waals surface area contributed by atoms with Crippen molar-refractivity contribution in [3.8, 4) is 17.2 Å². The van der Waals surface area contributed by atoms with Gasteiger partial charge in [0, 0.05) is 23.9 Å². The summed E-state index contributed by atoms with van der Waals surface area (Å²) in [6.07, 6.45) is 2.42. The smallest absolute Gasteiger partial charge is 0.311 e. The van der Waals surface area contributed by atoms with Crippen LogP contribution in [-0.2, 0) is 4.79 Å². The Bertz CT molecular complexity index is 872. The number of halogens is 1. The van der Waals surface area contributed by atoms with E-state index in [-0.39, 0.29) is 23.9 Å². The van der Waals surface area contributed by atoms with Gasteiger partial charge in [-0.25, -0.2) is 0 Å². The van der Waals surface area contributed by atoms with Gasteiger partial charge in [0.1, 0.15) is 17.2 Å². The summed E-state index contributed by atoms with van der Waals surface area (Å²) in [6.45, 7) is 0. The van der Waals surface area contributed by atoms with Crippen LogP contribution in [0.4, 0.5) is 0 Å². The van der Waals surface area contributed by atoms with Crippen molar-refractivity contribution in [1.82, 2.24) is 0 Å². The van der Waals surface area contributed by atoms with Crippen molar-refractivity contribution in [3.63, 3.8) is 0 Å². The average molecular weight is 373 g/mol. The number of methoxy groups -OCH3 is 1. The van der Waals surface area contributed by atoms with E-state index in [9.17, 15) is 9.59 Å². The second-order valence-electron chi connectivity index (χ2n) is 5.61. The van der Waals surface area contributed by atoms with Crippen LogP contribution < -0.4 is 14.2 Å². The first-order chi connectivity index (χ1) is 12.6. The van der Waals surface area contributed by atoms with E-state index in [2.05, 4.69) is 0 Å². The quantitative estimate of drug-likeness (QED) is 0.328. The third kappa shape index (κ3) is 3.89. The van der Waals surface area contributed by atoms with Gasteiger partial charge in [0.25, 0.3) is 0 Å². The van der Waals surface area contributed by atoms with Crippen LogP contribution in [0.2, 0.25) is 0 Å². The van der Waals surface area contributed by atoms with Crippen molar-refractivity contribution in [2.45, 2.75) is 12.8 Å². The van der Waals surface area contributed by atoms with Gasteiger partial charge in [0.2, 0.25) is 5.78 Å². The minimum Gasteiger partial charge on any atom is -0.496 e. The Kier molecular flexibility index (Phi) is 5.58. The second kappa shape index (κ2) is 8.06. The fourth-order valence-corrected chi connectivity index (χ4v) is 2.68. The van der Waals surface area contributed by atoms with E-state index in [4.69, 9.17) is 25.8 Å². The van der Waals surface area contributed by atoms with Gasteiger partial charge in [0.15, 0.2) is 5.76 Å². The predicted molar refractivity (Wildman–Crippen MR) is 98.0 cm³/mol. The molecular weight excluding hydrogens is 356 g/mol. The number of hydrogen-bond donors (Lipinski definition) is 0. The number of allylic oxidation sites excluding steroid dienone is 1. The number of ketones is 1. The van der Waals surface area contributed by atoms with Crippen LogP contribution in [0.25, 0.3) is 6.08 Å². The topological polar surface area (TPSA) is 61.8 Å². The molecule has 3 rings (SSSR count). The summed E-state index contributed by atoms with van der Waals surface area (Å²) < 4.78 is 16.2. The fraction of sp³-hybridized carbons (Fsp3) is 0.200. The fourth-order valence-electron chi connectivity index (χ4n) is 2.55. The molecule has 0 bridgehead atoms. The molecule has 2 aromatic rings. The van der Waals surface area contributed by atoms with Crippen LogP contribution in [0.5, 0.6) is 17.2 Å². The first-order valence-electron chi connectivity index (χ1n) is 8.10. The molecule has 0 atom stereocenters. The Balaban J connectivity index is 1.80. The van der Waals surface area contributed by atoms with Gasteiger partial charge >= 0.3 is 5.97 Å². The van der Waals surface area contributed by atoms with Gasteiger partial charge in [-0.15, -0.1) is 11.6 Å². The number of rotatable bonds is 6. The lowest BCUT2D eigenvalue weighted by Gasteiger charge is -2.05. The van der Waals surface area contributed by atoms with Crippen molar-refractivity contribution < 1.29 is 23.8 Å². The number of esters is 1. The Labute approximate surface area is 156 Å². The molecule has 26 heavy (non-hydrogen) atoms. The summed E-state index contributed by atoms with van der Waals surface area (Å²) in [5.41, 5.74) is 1.16. The predicted octanol–water partition coefficient (Wildman–Crippen LogP) is 4.24. The molecule has 0 aromatic heterocycles. The number of hydrogen-bond acceptors (Lipinski definition) is 5. The molecule has 0 amide bonds. The maximum Gasteiger partial charge on any atom is 0.311 e. The van der Waals surface area contributed by atoms with Gasteiger partial charge in [-0.05, 0) is 30.7 Å². The van der Waals surface area contributed by atoms with Crippen LogP contribution in [0.15, 0.2) is 48.2 Å². The highest BCUT2D eigenvalue weighted by Gasteiger charge is 2.28. The monoisotopic (exact) mass is 372 g/mol. The van der Waals surface area contributed by atoms with Gasteiger partial charge in [0.05, 0.1) is 12.7 Å². The SMILES string of the molecule is COc1ccccc1/C=C1\Oc2cc(OC(=O)CCCCl)ccc2C1=O. The highest BCUT2D eigenvalue weighted by atomic mass is 35.5. The summed E-state index contributed by atoms with van der Waals surface area (Å²) in [5, 5.41) is 0. The molecule has 2 aromatic carbocycles. The molecule has 6 heteroatoms. The number of alkyl halides is 1. The molecule has 134 valence electrons. The Morgan fingerprint density at radius 1 is 1.23 bits per heavy atom. The number of Topliss-reactive ketones (excluding diaryl/α,β-unsaturated/α-hetero) is 1. The zero-order chi connectivity index (χ0) is 18.5. The maximum absolute atomic E-state index is 12.5. The second-order valence-corrected chi connectivity index (χ2v) is 5.98.